The monoisotopic (exact) mass is 360 g/mol. The van der Waals surface area contributed by atoms with E-state index in [-0.39, 0.29) is 11.9 Å². The Labute approximate surface area is 157 Å². The van der Waals surface area contributed by atoms with Gasteiger partial charge in [-0.2, -0.15) is 0 Å². The van der Waals surface area contributed by atoms with Gasteiger partial charge in [-0.1, -0.05) is 36.4 Å². The van der Waals surface area contributed by atoms with Crippen molar-refractivity contribution in [1.29, 1.82) is 0 Å². The van der Waals surface area contributed by atoms with Crippen LogP contribution in [0.3, 0.4) is 0 Å². The minimum absolute atomic E-state index is 0.0148. The predicted molar refractivity (Wildman–Crippen MR) is 105 cm³/mol. The predicted octanol–water partition coefficient (Wildman–Crippen LogP) is 3.22. The number of fused-ring (bicyclic) bond motifs is 1. The number of pyridine rings is 1. The Hall–Kier alpha value is -3.41. The summed E-state index contributed by atoms with van der Waals surface area (Å²) in [5, 5.41) is 4.87. The molecule has 0 spiro atoms. The Balaban J connectivity index is 1.41. The summed E-state index contributed by atoms with van der Waals surface area (Å²) in [5.41, 5.74) is 1.42. The van der Waals surface area contributed by atoms with Crippen molar-refractivity contribution >= 4 is 28.4 Å². The highest BCUT2D eigenvalue weighted by Gasteiger charge is 2.25. The molecule has 0 bridgehead atoms. The number of carbonyl (C=O) groups is 2. The van der Waals surface area contributed by atoms with Crippen LogP contribution in [0.15, 0.2) is 67.0 Å². The van der Waals surface area contributed by atoms with E-state index in [0.29, 0.717) is 37.4 Å². The van der Waals surface area contributed by atoms with E-state index in [1.165, 1.54) is 0 Å². The second kappa shape index (κ2) is 7.45. The molecule has 3 amide bonds. The van der Waals surface area contributed by atoms with Gasteiger partial charge in [0, 0.05) is 49.8 Å². The average molecular weight is 360 g/mol. The minimum Gasteiger partial charge on any atom is -0.335 e. The topological polar surface area (TPSA) is 65.5 Å². The van der Waals surface area contributed by atoms with Crippen molar-refractivity contribution in [2.75, 3.05) is 31.5 Å². The Bertz CT molecular complexity index is 961. The first-order valence-corrected chi connectivity index (χ1v) is 8.95. The number of benzene rings is 2. The lowest BCUT2D eigenvalue weighted by Gasteiger charge is -2.35. The molecule has 1 saturated heterocycles. The van der Waals surface area contributed by atoms with Crippen molar-refractivity contribution in [1.82, 2.24) is 14.8 Å². The van der Waals surface area contributed by atoms with Crippen molar-refractivity contribution < 1.29 is 9.59 Å². The number of carbonyl (C=O) groups excluding carboxylic acids is 2. The molecular weight excluding hydrogens is 340 g/mol. The van der Waals surface area contributed by atoms with Crippen LogP contribution in [0.5, 0.6) is 0 Å². The molecule has 27 heavy (non-hydrogen) atoms. The van der Waals surface area contributed by atoms with E-state index in [2.05, 4.69) is 10.3 Å². The largest absolute Gasteiger partial charge is 0.335 e. The van der Waals surface area contributed by atoms with Gasteiger partial charge < -0.3 is 15.1 Å². The SMILES string of the molecule is O=C(Nc1ccncc1)N1CCN(C(=O)c2cccc3ccccc23)CC1. The van der Waals surface area contributed by atoms with E-state index in [1.807, 2.05) is 47.4 Å². The number of anilines is 1. The maximum absolute atomic E-state index is 13.0. The molecule has 1 aliphatic rings. The third-order valence-electron chi connectivity index (χ3n) is 4.81. The molecule has 0 aliphatic carbocycles. The molecule has 0 saturated carbocycles. The number of piperazine rings is 1. The van der Waals surface area contributed by atoms with Gasteiger partial charge in [-0.15, -0.1) is 0 Å². The van der Waals surface area contributed by atoms with Crippen LogP contribution < -0.4 is 5.32 Å². The third kappa shape index (κ3) is 3.60. The van der Waals surface area contributed by atoms with Crippen molar-refractivity contribution in [2.24, 2.45) is 0 Å². The molecule has 6 nitrogen and oxygen atoms in total. The lowest BCUT2D eigenvalue weighted by molar-refractivity contribution is 0.0673. The Morgan fingerprint density at radius 3 is 2.26 bits per heavy atom. The molecule has 0 radical (unpaired) electrons. The lowest BCUT2D eigenvalue weighted by Crippen LogP contribution is -2.51. The van der Waals surface area contributed by atoms with Crippen LogP contribution in [0.25, 0.3) is 10.8 Å². The first-order chi connectivity index (χ1) is 13.2. The van der Waals surface area contributed by atoms with E-state index in [0.717, 1.165) is 10.8 Å². The minimum atomic E-state index is -0.154. The average Bonchev–Trinajstić information content (AvgIpc) is 2.73. The standard InChI is InChI=1S/C21H20N4O2/c26-20(19-7-3-5-16-4-1-2-6-18(16)19)24-12-14-25(15-13-24)21(27)23-17-8-10-22-11-9-17/h1-11H,12-15H2,(H,22,23,27). The number of aromatic nitrogens is 1. The van der Waals surface area contributed by atoms with Gasteiger partial charge in [0.25, 0.3) is 5.91 Å². The normalized spacial score (nSPS) is 14.2. The van der Waals surface area contributed by atoms with Crippen molar-refractivity contribution in [2.45, 2.75) is 0 Å². The molecule has 4 rings (SSSR count). The number of urea groups is 1. The van der Waals surface area contributed by atoms with Crippen LogP contribution in [0, 0.1) is 0 Å². The highest BCUT2D eigenvalue weighted by atomic mass is 16.2. The molecule has 1 N–H and O–H groups in total. The lowest BCUT2D eigenvalue weighted by atomic mass is 10.0. The van der Waals surface area contributed by atoms with Gasteiger partial charge in [0.1, 0.15) is 0 Å². The Kier molecular flexibility index (Phi) is 4.70. The summed E-state index contributed by atoms with van der Waals surface area (Å²) < 4.78 is 0. The van der Waals surface area contributed by atoms with Crippen molar-refractivity contribution in [3.63, 3.8) is 0 Å². The maximum Gasteiger partial charge on any atom is 0.321 e. The highest BCUT2D eigenvalue weighted by Crippen LogP contribution is 2.20. The number of amides is 3. The number of rotatable bonds is 2. The van der Waals surface area contributed by atoms with Crippen LogP contribution in [0.2, 0.25) is 0 Å². The van der Waals surface area contributed by atoms with Crippen LogP contribution in [0.4, 0.5) is 10.5 Å². The molecule has 1 aliphatic heterocycles. The highest BCUT2D eigenvalue weighted by molar-refractivity contribution is 6.07. The quantitative estimate of drug-likeness (QED) is 0.763. The van der Waals surface area contributed by atoms with Gasteiger partial charge in [-0.3, -0.25) is 9.78 Å². The van der Waals surface area contributed by atoms with E-state index in [9.17, 15) is 9.59 Å². The molecule has 0 unspecified atom stereocenters. The van der Waals surface area contributed by atoms with Gasteiger partial charge in [0.15, 0.2) is 0 Å². The number of nitrogens with zero attached hydrogens (tertiary/aromatic N) is 3. The summed E-state index contributed by atoms with van der Waals surface area (Å²) in [6.07, 6.45) is 3.27. The maximum atomic E-state index is 13.0. The van der Waals surface area contributed by atoms with Crippen molar-refractivity contribution in [3.8, 4) is 0 Å². The number of hydrogen-bond acceptors (Lipinski definition) is 3. The molecular formula is C21H20N4O2. The zero-order valence-electron chi connectivity index (χ0n) is 14.8. The fourth-order valence-corrected chi connectivity index (χ4v) is 3.33. The van der Waals surface area contributed by atoms with Crippen LogP contribution in [-0.4, -0.2) is 52.9 Å². The summed E-state index contributed by atoms with van der Waals surface area (Å²) in [4.78, 5) is 32.8. The number of hydrogen-bond donors (Lipinski definition) is 1. The van der Waals surface area contributed by atoms with Crippen LogP contribution >= 0.6 is 0 Å². The number of nitrogens with one attached hydrogen (secondary N) is 1. The summed E-state index contributed by atoms with van der Waals surface area (Å²) >= 11 is 0. The van der Waals surface area contributed by atoms with Gasteiger partial charge in [-0.25, -0.2) is 4.79 Å². The molecule has 2 aromatic carbocycles. The summed E-state index contributed by atoms with van der Waals surface area (Å²) in [6.45, 7) is 2.05. The summed E-state index contributed by atoms with van der Waals surface area (Å²) in [5.74, 6) is 0.0148. The van der Waals surface area contributed by atoms with Gasteiger partial charge >= 0.3 is 6.03 Å². The molecule has 1 fully saturated rings. The van der Waals surface area contributed by atoms with Crippen molar-refractivity contribution in [3.05, 3.63) is 72.6 Å². The van der Waals surface area contributed by atoms with Gasteiger partial charge in [-0.05, 0) is 29.0 Å². The molecule has 6 heteroatoms. The summed E-state index contributed by atoms with van der Waals surface area (Å²) in [6, 6.07) is 17.0. The second-order valence-electron chi connectivity index (χ2n) is 6.47. The van der Waals surface area contributed by atoms with Crippen LogP contribution in [-0.2, 0) is 0 Å². The van der Waals surface area contributed by atoms with E-state index in [4.69, 9.17) is 0 Å². The molecule has 0 atom stereocenters. The Morgan fingerprint density at radius 2 is 1.48 bits per heavy atom. The molecule has 3 aromatic rings. The summed E-state index contributed by atoms with van der Waals surface area (Å²) in [7, 11) is 0. The zero-order chi connectivity index (χ0) is 18.6. The third-order valence-corrected chi connectivity index (χ3v) is 4.81. The molecule has 2 heterocycles. The first-order valence-electron chi connectivity index (χ1n) is 8.95. The molecule has 1 aromatic heterocycles. The fourth-order valence-electron chi connectivity index (χ4n) is 3.33. The van der Waals surface area contributed by atoms with Gasteiger partial charge in [0.2, 0.25) is 0 Å². The Morgan fingerprint density at radius 1 is 0.815 bits per heavy atom. The fraction of sp³-hybridized carbons (Fsp3) is 0.190. The van der Waals surface area contributed by atoms with Gasteiger partial charge in [0.05, 0.1) is 0 Å². The zero-order valence-corrected chi connectivity index (χ0v) is 14.8. The van der Waals surface area contributed by atoms with E-state index in [1.54, 1.807) is 29.4 Å². The van der Waals surface area contributed by atoms with E-state index >= 15 is 0 Å². The van der Waals surface area contributed by atoms with E-state index < -0.39 is 0 Å². The molecule has 136 valence electrons. The first kappa shape index (κ1) is 17.0. The van der Waals surface area contributed by atoms with Crippen LogP contribution in [0.1, 0.15) is 10.4 Å². The smallest absolute Gasteiger partial charge is 0.321 e. The second-order valence-corrected chi connectivity index (χ2v) is 6.47.